The van der Waals surface area contributed by atoms with Gasteiger partial charge in [-0.25, -0.2) is 0 Å². The van der Waals surface area contributed by atoms with Crippen LogP contribution in [0.2, 0.25) is 0 Å². The zero-order valence-corrected chi connectivity index (χ0v) is 12.5. The third kappa shape index (κ3) is 4.70. The van der Waals surface area contributed by atoms with Crippen molar-refractivity contribution in [1.29, 1.82) is 0 Å². The Morgan fingerprint density at radius 3 is 2.57 bits per heavy atom. The van der Waals surface area contributed by atoms with Gasteiger partial charge in [-0.3, -0.25) is 14.4 Å². The molecule has 0 spiro atoms. The van der Waals surface area contributed by atoms with Gasteiger partial charge in [0.25, 0.3) is 0 Å². The number of hydrogen-bond acceptors (Lipinski definition) is 3. The highest BCUT2D eigenvalue weighted by Crippen LogP contribution is 2.18. The van der Waals surface area contributed by atoms with Gasteiger partial charge in [0, 0.05) is 22.7 Å². The van der Waals surface area contributed by atoms with Crippen LogP contribution in [0.1, 0.15) is 60.2 Å². The Balaban J connectivity index is 2.85. The van der Waals surface area contributed by atoms with Crippen LogP contribution in [-0.4, -0.2) is 18.1 Å². The van der Waals surface area contributed by atoms with Gasteiger partial charge in [-0.2, -0.15) is 0 Å². The maximum absolute atomic E-state index is 12.2. The second kappa shape index (κ2) is 8.19. The van der Waals surface area contributed by atoms with Crippen LogP contribution in [-0.2, 0) is 4.79 Å². The maximum atomic E-state index is 12.2. The first-order valence-electron chi connectivity index (χ1n) is 7.23. The lowest BCUT2D eigenvalue weighted by atomic mass is 9.98. The lowest BCUT2D eigenvalue weighted by Gasteiger charge is -2.15. The zero-order valence-electron chi connectivity index (χ0n) is 12.5. The largest absolute Gasteiger partial charge is 0.366 e. The number of anilines is 1. The predicted molar refractivity (Wildman–Crippen MR) is 82.3 cm³/mol. The van der Waals surface area contributed by atoms with Crippen LogP contribution in [0.25, 0.3) is 0 Å². The van der Waals surface area contributed by atoms with E-state index in [-0.39, 0.29) is 23.0 Å². The molecule has 0 aliphatic heterocycles. The average Bonchev–Trinajstić information content (AvgIpc) is 2.47. The number of carbonyl (C=O) groups excluding carboxylic acids is 3. The van der Waals surface area contributed by atoms with E-state index >= 15 is 0 Å². The summed E-state index contributed by atoms with van der Waals surface area (Å²) in [6.07, 6.45) is 4.23. The molecule has 21 heavy (non-hydrogen) atoms. The number of nitrogens with one attached hydrogen (secondary N) is 1. The van der Waals surface area contributed by atoms with Gasteiger partial charge in [0.1, 0.15) is 0 Å². The van der Waals surface area contributed by atoms with Crippen LogP contribution in [0, 0.1) is 5.92 Å². The fourth-order valence-electron chi connectivity index (χ4n) is 2.18. The van der Waals surface area contributed by atoms with Gasteiger partial charge in [-0.05, 0) is 31.0 Å². The Morgan fingerprint density at radius 2 is 2.05 bits per heavy atom. The Kier molecular flexibility index (Phi) is 6.59. The lowest BCUT2D eigenvalue weighted by Crippen LogP contribution is -2.22. The molecule has 1 unspecified atom stereocenters. The van der Waals surface area contributed by atoms with E-state index in [1.165, 1.54) is 12.1 Å². The molecule has 1 aromatic rings. The van der Waals surface area contributed by atoms with E-state index in [1.54, 1.807) is 6.07 Å². The zero-order chi connectivity index (χ0) is 15.8. The van der Waals surface area contributed by atoms with E-state index in [4.69, 9.17) is 5.73 Å². The fraction of sp³-hybridized carbons (Fsp3) is 0.438. The van der Waals surface area contributed by atoms with E-state index in [0.717, 1.165) is 25.7 Å². The third-order valence-electron chi connectivity index (χ3n) is 3.48. The molecule has 0 heterocycles. The summed E-state index contributed by atoms with van der Waals surface area (Å²) in [6, 6.07) is 4.50. The van der Waals surface area contributed by atoms with Crippen LogP contribution < -0.4 is 11.1 Å². The molecule has 0 saturated heterocycles. The monoisotopic (exact) mass is 290 g/mol. The number of hydrogen-bond donors (Lipinski definition) is 2. The molecule has 114 valence electrons. The minimum Gasteiger partial charge on any atom is -0.366 e. The van der Waals surface area contributed by atoms with Crippen molar-refractivity contribution in [2.45, 2.75) is 39.5 Å². The Hall–Kier alpha value is -2.17. The number of rotatable bonds is 8. The molecule has 3 N–H and O–H groups in total. The highest BCUT2D eigenvalue weighted by molar-refractivity contribution is 6.02. The molecule has 0 aromatic heterocycles. The molecule has 0 fully saturated rings. The number of nitrogens with two attached hydrogens (primary N) is 1. The summed E-state index contributed by atoms with van der Waals surface area (Å²) in [5.74, 6) is -0.764. The van der Waals surface area contributed by atoms with E-state index in [9.17, 15) is 14.4 Å². The van der Waals surface area contributed by atoms with Gasteiger partial charge in [0.15, 0.2) is 6.29 Å². The highest BCUT2D eigenvalue weighted by Gasteiger charge is 2.16. The molecule has 0 bridgehead atoms. The molecular weight excluding hydrogens is 268 g/mol. The van der Waals surface area contributed by atoms with Crippen molar-refractivity contribution in [3.63, 3.8) is 0 Å². The second-order valence-corrected chi connectivity index (χ2v) is 5.02. The standard InChI is InChI=1S/C16H22N2O3/c1-3-5-6-11(4-2)16(21)18-13-7-8-14(15(17)20)12(9-13)10-19/h7-11H,3-6H2,1-2H3,(H2,17,20)(H,18,21). The molecular formula is C16H22N2O3. The molecule has 5 heteroatoms. The Bertz CT molecular complexity index is 526. The molecule has 2 amide bonds. The van der Waals surface area contributed by atoms with Crippen LogP contribution in [0.4, 0.5) is 5.69 Å². The number of benzene rings is 1. The average molecular weight is 290 g/mol. The Morgan fingerprint density at radius 1 is 1.33 bits per heavy atom. The first kappa shape index (κ1) is 16.9. The molecule has 0 radical (unpaired) electrons. The van der Waals surface area contributed by atoms with Crippen LogP contribution in [0.5, 0.6) is 0 Å². The topological polar surface area (TPSA) is 89.3 Å². The van der Waals surface area contributed by atoms with Crippen molar-refractivity contribution < 1.29 is 14.4 Å². The molecule has 1 aromatic carbocycles. The van der Waals surface area contributed by atoms with Gasteiger partial charge in [0.05, 0.1) is 0 Å². The number of amides is 2. The molecule has 0 aliphatic rings. The van der Waals surface area contributed by atoms with Crippen molar-refractivity contribution in [2.75, 3.05) is 5.32 Å². The van der Waals surface area contributed by atoms with E-state index in [2.05, 4.69) is 12.2 Å². The summed E-state index contributed by atoms with van der Waals surface area (Å²) in [5.41, 5.74) is 6.02. The van der Waals surface area contributed by atoms with Gasteiger partial charge < -0.3 is 11.1 Å². The van der Waals surface area contributed by atoms with E-state index in [0.29, 0.717) is 12.0 Å². The Labute approximate surface area is 124 Å². The van der Waals surface area contributed by atoms with Crippen molar-refractivity contribution >= 4 is 23.8 Å². The maximum Gasteiger partial charge on any atom is 0.249 e. The second-order valence-electron chi connectivity index (χ2n) is 5.02. The van der Waals surface area contributed by atoms with Gasteiger partial charge in [0.2, 0.25) is 11.8 Å². The van der Waals surface area contributed by atoms with E-state index in [1.807, 2.05) is 6.92 Å². The van der Waals surface area contributed by atoms with Crippen LogP contribution >= 0.6 is 0 Å². The van der Waals surface area contributed by atoms with Gasteiger partial charge in [-0.1, -0.05) is 26.7 Å². The van der Waals surface area contributed by atoms with Crippen molar-refractivity contribution in [1.82, 2.24) is 0 Å². The van der Waals surface area contributed by atoms with Crippen molar-refractivity contribution in [3.05, 3.63) is 29.3 Å². The molecule has 5 nitrogen and oxygen atoms in total. The third-order valence-corrected chi connectivity index (χ3v) is 3.48. The number of primary amides is 1. The fourth-order valence-corrected chi connectivity index (χ4v) is 2.18. The number of aldehydes is 1. The summed E-state index contributed by atoms with van der Waals surface area (Å²) in [7, 11) is 0. The summed E-state index contributed by atoms with van der Waals surface area (Å²) in [4.78, 5) is 34.3. The minimum atomic E-state index is -0.663. The SMILES string of the molecule is CCCCC(CC)C(=O)Nc1ccc(C(N)=O)c(C=O)c1. The van der Waals surface area contributed by atoms with Crippen molar-refractivity contribution in [3.8, 4) is 0 Å². The van der Waals surface area contributed by atoms with Crippen molar-refractivity contribution in [2.24, 2.45) is 11.7 Å². The van der Waals surface area contributed by atoms with Gasteiger partial charge in [-0.15, -0.1) is 0 Å². The van der Waals surface area contributed by atoms with Crippen LogP contribution in [0.15, 0.2) is 18.2 Å². The first-order valence-corrected chi connectivity index (χ1v) is 7.23. The summed E-state index contributed by atoms with van der Waals surface area (Å²) < 4.78 is 0. The molecule has 1 rings (SSSR count). The quantitative estimate of drug-likeness (QED) is 0.721. The predicted octanol–water partition coefficient (Wildman–Crippen LogP) is 2.75. The minimum absolute atomic E-state index is 0.0413. The van der Waals surface area contributed by atoms with Crippen LogP contribution in [0.3, 0.4) is 0 Å². The number of unbranched alkanes of at least 4 members (excludes halogenated alkanes) is 1. The van der Waals surface area contributed by atoms with E-state index < -0.39 is 5.91 Å². The lowest BCUT2D eigenvalue weighted by molar-refractivity contribution is -0.120. The molecule has 0 aliphatic carbocycles. The summed E-state index contributed by atoms with van der Waals surface area (Å²) in [5, 5.41) is 2.79. The molecule has 1 atom stereocenters. The normalized spacial score (nSPS) is 11.7. The van der Waals surface area contributed by atoms with Gasteiger partial charge >= 0.3 is 0 Å². The highest BCUT2D eigenvalue weighted by atomic mass is 16.2. The summed E-state index contributed by atoms with van der Waals surface area (Å²) in [6.45, 7) is 4.07. The first-order chi connectivity index (χ1) is 10.0. The smallest absolute Gasteiger partial charge is 0.249 e. The summed E-state index contributed by atoms with van der Waals surface area (Å²) >= 11 is 0. The molecule has 0 saturated carbocycles. The number of carbonyl (C=O) groups is 3.